The molecule has 1 fully saturated rings. The molecule has 0 amide bonds. The molecule has 132 valence electrons. The summed E-state index contributed by atoms with van der Waals surface area (Å²) in [6.45, 7) is 12.4. The Morgan fingerprint density at radius 3 is 2.08 bits per heavy atom. The van der Waals surface area contributed by atoms with E-state index in [1.165, 1.54) is 0 Å². The largest absolute Gasteiger partial charge is 0.495 e. The lowest BCUT2D eigenvalue weighted by Crippen LogP contribution is -2.41. The van der Waals surface area contributed by atoms with Crippen LogP contribution in [-0.4, -0.2) is 18.3 Å². The van der Waals surface area contributed by atoms with E-state index >= 15 is 0 Å². The van der Waals surface area contributed by atoms with Crippen molar-refractivity contribution in [2.24, 2.45) is 0 Å². The molecule has 1 atom stereocenters. The number of hydrogen-bond donors (Lipinski definition) is 0. The Morgan fingerprint density at radius 2 is 1.52 bits per heavy atom. The third-order valence-corrected chi connectivity index (χ3v) is 5.33. The first-order chi connectivity index (χ1) is 11.7. The summed E-state index contributed by atoms with van der Waals surface area (Å²) in [5, 5.41) is 0. The van der Waals surface area contributed by atoms with Crippen LogP contribution in [-0.2, 0) is 9.31 Å². The molecule has 3 rings (SSSR count). The van der Waals surface area contributed by atoms with Gasteiger partial charge in [-0.3, -0.25) is 0 Å². The van der Waals surface area contributed by atoms with E-state index in [1.54, 1.807) is 0 Å². The Hall–Kier alpha value is -1.78. The summed E-state index contributed by atoms with van der Waals surface area (Å²) in [5.74, 6) is 0.856. The third kappa shape index (κ3) is 3.60. The number of benzene rings is 2. The Morgan fingerprint density at radius 1 is 0.920 bits per heavy atom. The Balaban J connectivity index is 1.76. The van der Waals surface area contributed by atoms with Crippen molar-refractivity contribution in [3.8, 4) is 5.75 Å². The highest BCUT2D eigenvalue weighted by Crippen LogP contribution is 2.37. The molecular formula is C21H27BO3. The average molecular weight is 338 g/mol. The zero-order chi connectivity index (χ0) is 18.2. The zero-order valence-electron chi connectivity index (χ0n) is 16.0. The van der Waals surface area contributed by atoms with Gasteiger partial charge in [-0.25, -0.2) is 0 Å². The number of rotatable bonds is 4. The highest BCUT2D eigenvalue weighted by molar-refractivity contribution is 6.62. The minimum Gasteiger partial charge on any atom is -0.486 e. The predicted molar refractivity (Wildman–Crippen MR) is 102 cm³/mol. The van der Waals surface area contributed by atoms with Crippen LogP contribution in [0.5, 0.6) is 5.75 Å². The van der Waals surface area contributed by atoms with E-state index < -0.39 is 0 Å². The average Bonchev–Trinajstić information content (AvgIpc) is 2.76. The molecular weight excluding hydrogens is 311 g/mol. The fourth-order valence-corrected chi connectivity index (χ4v) is 2.95. The molecule has 1 heterocycles. The molecule has 3 nitrogen and oxygen atoms in total. The van der Waals surface area contributed by atoms with Gasteiger partial charge in [-0.1, -0.05) is 36.4 Å². The number of hydrogen-bond acceptors (Lipinski definition) is 3. The predicted octanol–water partition coefficient (Wildman–Crippen LogP) is 4.43. The maximum Gasteiger partial charge on any atom is 0.495 e. The molecule has 1 saturated heterocycles. The molecule has 4 heteroatoms. The van der Waals surface area contributed by atoms with Gasteiger partial charge >= 0.3 is 7.12 Å². The fraction of sp³-hybridized carbons (Fsp3) is 0.429. The van der Waals surface area contributed by atoms with Gasteiger partial charge in [0.1, 0.15) is 11.9 Å². The Labute approximate surface area is 151 Å². The van der Waals surface area contributed by atoms with Crippen molar-refractivity contribution < 1.29 is 14.0 Å². The lowest BCUT2D eigenvalue weighted by Gasteiger charge is -2.32. The Kier molecular flexibility index (Phi) is 4.69. The van der Waals surface area contributed by atoms with Gasteiger partial charge in [0.15, 0.2) is 0 Å². The number of ether oxygens (including phenoxy) is 1. The smallest absolute Gasteiger partial charge is 0.486 e. The van der Waals surface area contributed by atoms with Crippen LogP contribution >= 0.6 is 0 Å². The second kappa shape index (κ2) is 6.51. The molecule has 0 aliphatic carbocycles. The number of aryl methyl sites for hydroxylation is 1. The highest BCUT2D eigenvalue weighted by Gasteiger charge is 2.52. The summed E-state index contributed by atoms with van der Waals surface area (Å²) in [5.41, 5.74) is 2.66. The van der Waals surface area contributed by atoms with Crippen molar-refractivity contribution in [1.29, 1.82) is 0 Å². The van der Waals surface area contributed by atoms with Crippen LogP contribution in [0.3, 0.4) is 0 Å². The fourth-order valence-electron chi connectivity index (χ4n) is 2.95. The molecule has 1 aliphatic heterocycles. The van der Waals surface area contributed by atoms with E-state index in [0.29, 0.717) is 0 Å². The lowest BCUT2D eigenvalue weighted by molar-refractivity contribution is 0.00578. The Bertz CT molecular complexity index is 724. The minimum absolute atomic E-state index is 0.00305. The summed E-state index contributed by atoms with van der Waals surface area (Å²) in [6.07, 6.45) is 0.00305. The van der Waals surface area contributed by atoms with Crippen LogP contribution < -0.4 is 10.2 Å². The van der Waals surface area contributed by atoms with E-state index in [-0.39, 0.29) is 24.4 Å². The van der Waals surface area contributed by atoms with Crippen molar-refractivity contribution in [3.63, 3.8) is 0 Å². The van der Waals surface area contributed by atoms with Gasteiger partial charge in [0.05, 0.1) is 11.2 Å². The molecule has 0 N–H and O–H groups in total. The van der Waals surface area contributed by atoms with Gasteiger partial charge in [0.25, 0.3) is 0 Å². The van der Waals surface area contributed by atoms with E-state index in [4.69, 9.17) is 14.0 Å². The van der Waals surface area contributed by atoms with Crippen LogP contribution in [0, 0.1) is 6.92 Å². The molecule has 0 spiro atoms. The lowest BCUT2D eigenvalue weighted by atomic mass is 9.76. The topological polar surface area (TPSA) is 27.7 Å². The molecule has 25 heavy (non-hydrogen) atoms. The first kappa shape index (κ1) is 18.0. The summed E-state index contributed by atoms with van der Waals surface area (Å²) < 4.78 is 18.4. The molecule has 0 bridgehead atoms. The van der Waals surface area contributed by atoms with Crippen molar-refractivity contribution in [3.05, 3.63) is 59.7 Å². The minimum atomic E-state index is -0.342. The van der Waals surface area contributed by atoms with Crippen LogP contribution in [0.1, 0.15) is 51.8 Å². The molecule has 0 aromatic heterocycles. The third-order valence-electron chi connectivity index (χ3n) is 5.33. The summed E-state index contributed by atoms with van der Waals surface area (Å²) in [7, 11) is -0.342. The van der Waals surface area contributed by atoms with E-state index in [9.17, 15) is 0 Å². The molecule has 0 radical (unpaired) electrons. The van der Waals surface area contributed by atoms with Crippen LogP contribution in [0.25, 0.3) is 0 Å². The molecule has 2 aromatic rings. The quantitative estimate of drug-likeness (QED) is 0.772. The van der Waals surface area contributed by atoms with Gasteiger partial charge < -0.3 is 14.0 Å². The van der Waals surface area contributed by atoms with Crippen LogP contribution in [0.4, 0.5) is 0 Å². The van der Waals surface area contributed by atoms with Crippen LogP contribution in [0.15, 0.2) is 48.5 Å². The van der Waals surface area contributed by atoms with Gasteiger partial charge in [0.2, 0.25) is 0 Å². The van der Waals surface area contributed by atoms with Crippen molar-refractivity contribution >= 4 is 12.6 Å². The van der Waals surface area contributed by atoms with Crippen molar-refractivity contribution in [2.75, 3.05) is 0 Å². The molecule has 2 aromatic carbocycles. The van der Waals surface area contributed by atoms with E-state index in [0.717, 1.165) is 22.3 Å². The second-order valence-electron chi connectivity index (χ2n) is 7.78. The van der Waals surface area contributed by atoms with Crippen molar-refractivity contribution in [1.82, 2.24) is 0 Å². The van der Waals surface area contributed by atoms with Crippen molar-refractivity contribution in [2.45, 2.75) is 58.8 Å². The standard InChI is InChI=1S/C21H27BO3/c1-15-14-18(23-16(2)17-10-8-7-9-11-17)12-13-19(15)22-24-20(3,4)21(5,6)25-22/h7-14,16H,1-6H3/t16-/m0/s1. The normalized spacial score (nSPS) is 19.7. The first-order valence-electron chi connectivity index (χ1n) is 8.87. The van der Waals surface area contributed by atoms with Crippen LogP contribution in [0.2, 0.25) is 0 Å². The summed E-state index contributed by atoms with van der Waals surface area (Å²) >= 11 is 0. The maximum atomic E-state index is 6.16. The molecule has 0 saturated carbocycles. The molecule has 0 unspecified atom stereocenters. The highest BCUT2D eigenvalue weighted by atomic mass is 16.7. The second-order valence-corrected chi connectivity index (χ2v) is 7.78. The van der Waals surface area contributed by atoms with Gasteiger partial charge in [-0.05, 0) is 70.3 Å². The SMILES string of the molecule is Cc1cc(O[C@@H](C)c2ccccc2)ccc1B1OC(C)(C)C(C)(C)O1. The van der Waals surface area contributed by atoms with Gasteiger partial charge in [0, 0.05) is 0 Å². The van der Waals surface area contributed by atoms with Gasteiger partial charge in [-0.15, -0.1) is 0 Å². The maximum absolute atomic E-state index is 6.16. The van der Waals surface area contributed by atoms with E-state index in [1.807, 2.05) is 30.3 Å². The first-order valence-corrected chi connectivity index (χ1v) is 8.87. The summed E-state index contributed by atoms with van der Waals surface area (Å²) in [6, 6.07) is 16.3. The van der Waals surface area contributed by atoms with Gasteiger partial charge in [-0.2, -0.15) is 0 Å². The zero-order valence-corrected chi connectivity index (χ0v) is 16.0. The molecule has 1 aliphatic rings. The van der Waals surface area contributed by atoms with E-state index in [2.05, 4.69) is 59.7 Å². The monoisotopic (exact) mass is 338 g/mol. The summed E-state index contributed by atoms with van der Waals surface area (Å²) in [4.78, 5) is 0.